The molecule has 3 aliphatic rings. The second-order valence-corrected chi connectivity index (χ2v) is 11.3. The van der Waals surface area contributed by atoms with Crippen molar-refractivity contribution in [2.75, 3.05) is 32.7 Å². The number of hydrogen-bond acceptors (Lipinski definition) is 4. The molecule has 1 aromatic carbocycles. The number of nitrogens with zero attached hydrogens (tertiary/aromatic N) is 4. The zero-order valence-corrected chi connectivity index (χ0v) is 21.1. The molecular weight excluding hydrogens is 452 g/mol. The molecule has 2 saturated heterocycles. The second kappa shape index (κ2) is 10.2. The van der Waals surface area contributed by atoms with E-state index in [1.165, 1.54) is 50.9 Å². The molecule has 5 heterocycles. The normalized spacial score (nSPS) is 19.8. The highest BCUT2D eigenvalue weighted by Gasteiger charge is 2.32. The first kappa shape index (κ1) is 22.9. The molecule has 2 fully saturated rings. The van der Waals surface area contributed by atoms with Gasteiger partial charge in [-0.15, -0.1) is 0 Å². The lowest BCUT2D eigenvalue weighted by molar-refractivity contribution is -0.128. The summed E-state index contributed by atoms with van der Waals surface area (Å²) < 4.78 is 2.13. The van der Waals surface area contributed by atoms with Gasteiger partial charge in [0.2, 0.25) is 0 Å². The minimum Gasteiger partial charge on any atom is -0.338 e. The number of amides is 1. The molecule has 0 bridgehead atoms. The molecule has 35 heavy (non-hydrogen) atoms. The number of benzene rings is 1. The number of aromatic nitrogens is 2. The van der Waals surface area contributed by atoms with Crippen molar-refractivity contribution in [3.8, 4) is 0 Å². The van der Waals surface area contributed by atoms with Gasteiger partial charge < -0.3 is 9.80 Å². The number of aryl methyl sites for hydroxylation is 1. The lowest BCUT2D eigenvalue weighted by Crippen LogP contribution is -2.43. The van der Waals surface area contributed by atoms with Gasteiger partial charge in [-0.3, -0.25) is 9.20 Å². The van der Waals surface area contributed by atoms with Crippen LogP contribution in [-0.2, 0) is 11.2 Å². The molecular formula is C29H34N4OS. The van der Waals surface area contributed by atoms with E-state index in [2.05, 4.69) is 55.6 Å². The van der Waals surface area contributed by atoms with E-state index in [0.717, 1.165) is 59.0 Å². The van der Waals surface area contributed by atoms with Crippen LogP contribution in [-0.4, -0.2) is 57.8 Å². The quantitative estimate of drug-likeness (QED) is 0.470. The van der Waals surface area contributed by atoms with Crippen LogP contribution in [0.3, 0.4) is 0 Å². The summed E-state index contributed by atoms with van der Waals surface area (Å²) in [6.45, 7) is 5.47. The molecule has 0 aliphatic carbocycles. The van der Waals surface area contributed by atoms with Crippen molar-refractivity contribution >= 4 is 29.4 Å². The van der Waals surface area contributed by atoms with Gasteiger partial charge in [-0.05, 0) is 93.8 Å². The molecule has 0 atom stereocenters. The Bertz CT molecular complexity index is 1200. The van der Waals surface area contributed by atoms with Crippen molar-refractivity contribution in [3.63, 3.8) is 0 Å². The molecule has 0 unspecified atom stereocenters. The summed E-state index contributed by atoms with van der Waals surface area (Å²) in [4.78, 5) is 23.4. The Morgan fingerprint density at radius 2 is 1.66 bits per heavy atom. The van der Waals surface area contributed by atoms with Crippen LogP contribution in [0, 0.1) is 11.8 Å². The minimum absolute atomic E-state index is 0.186. The SMILES string of the molecule is O=C(C1=Cc2cnc3cccc(n23)S1)N1CCC(C2CCN(CCCc3ccccc3)CC2)CC1. The summed E-state index contributed by atoms with van der Waals surface area (Å²) in [5.41, 5.74) is 3.40. The number of hydrogen-bond donors (Lipinski definition) is 0. The predicted octanol–water partition coefficient (Wildman–Crippen LogP) is 5.36. The van der Waals surface area contributed by atoms with Crippen LogP contribution in [0.5, 0.6) is 0 Å². The van der Waals surface area contributed by atoms with Gasteiger partial charge >= 0.3 is 0 Å². The Kier molecular flexibility index (Phi) is 6.66. The zero-order chi connectivity index (χ0) is 23.6. The Balaban J connectivity index is 0.967. The first-order valence-electron chi connectivity index (χ1n) is 13.2. The van der Waals surface area contributed by atoms with Crippen LogP contribution in [0.4, 0.5) is 0 Å². The Morgan fingerprint density at radius 3 is 2.43 bits per heavy atom. The van der Waals surface area contributed by atoms with Crippen LogP contribution < -0.4 is 0 Å². The molecule has 0 N–H and O–H groups in total. The molecule has 6 rings (SSSR count). The Labute approximate surface area is 212 Å². The largest absolute Gasteiger partial charge is 0.338 e. The van der Waals surface area contributed by atoms with E-state index in [1.807, 2.05) is 24.4 Å². The summed E-state index contributed by atoms with van der Waals surface area (Å²) in [6.07, 6.45) is 11.2. The van der Waals surface area contributed by atoms with Crippen molar-refractivity contribution in [1.82, 2.24) is 19.2 Å². The average Bonchev–Trinajstić information content (AvgIpc) is 3.34. The summed E-state index contributed by atoms with van der Waals surface area (Å²) in [5, 5.41) is 1.08. The maximum absolute atomic E-state index is 13.3. The van der Waals surface area contributed by atoms with Crippen LogP contribution in [0.25, 0.3) is 11.7 Å². The summed E-state index contributed by atoms with van der Waals surface area (Å²) >= 11 is 1.58. The molecule has 6 heteroatoms. The fraction of sp³-hybridized carbons (Fsp3) is 0.448. The zero-order valence-electron chi connectivity index (χ0n) is 20.3. The predicted molar refractivity (Wildman–Crippen MR) is 142 cm³/mol. The fourth-order valence-corrected chi connectivity index (χ4v) is 7.18. The summed E-state index contributed by atoms with van der Waals surface area (Å²) in [6, 6.07) is 16.9. The van der Waals surface area contributed by atoms with Gasteiger partial charge in [-0.2, -0.15) is 0 Å². The van der Waals surface area contributed by atoms with Crippen molar-refractivity contribution < 1.29 is 4.79 Å². The van der Waals surface area contributed by atoms with E-state index in [9.17, 15) is 4.79 Å². The fourth-order valence-electron chi connectivity index (χ4n) is 6.12. The van der Waals surface area contributed by atoms with E-state index < -0.39 is 0 Å². The van der Waals surface area contributed by atoms with Crippen molar-refractivity contribution in [2.24, 2.45) is 11.8 Å². The molecule has 0 spiro atoms. The topological polar surface area (TPSA) is 40.9 Å². The maximum atomic E-state index is 13.3. The highest BCUT2D eigenvalue weighted by Crippen LogP contribution is 2.37. The molecule has 3 aromatic rings. The molecule has 3 aliphatic heterocycles. The standard InChI is InChI=1S/C29H34N4OS/c34-29(26-20-25-21-30-27-9-4-10-28(35-26)33(25)27)32-18-13-24(14-19-32)23-11-16-31(17-12-23)15-5-8-22-6-2-1-3-7-22/h1-4,6-7,9-10,20-21,23-24H,5,8,11-19H2. The van der Waals surface area contributed by atoms with E-state index in [4.69, 9.17) is 0 Å². The van der Waals surface area contributed by atoms with Gasteiger partial charge in [0.1, 0.15) is 5.65 Å². The van der Waals surface area contributed by atoms with Crippen LogP contribution >= 0.6 is 11.8 Å². The van der Waals surface area contributed by atoms with E-state index in [0.29, 0.717) is 0 Å². The minimum atomic E-state index is 0.186. The van der Waals surface area contributed by atoms with Crippen molar-refractivity contribution in [3.05, 3.63) is 70.9 Å². The smallest absolute Gasteiger partial charge is 0.260 e. The molecule has 0 radical (unpaired) electrons. The number of piperidine rings is 2. The van der Waals surface area contributed by atoms with Gasteiger partial charge in [-0.1, -0.05) is 48.2 Å². The van der Waals surface area contributed by atoms with Gasteiger partial charge in [-0.25, -0.2) is 4.98 Å². The van der Waals surface area contributed by atoms with Crippen LogP contribution in [0.2, 0.25) is 0 Å². The maximum Gasteiger partial charge on any atom is 0.260 e. The van der Waals surface area contributed by atoms with Gasteiger partial charge in [0.15, 0.2) is 0 Å². The summed E-state index contributed by atoms with van der Waals surface area (Å²) in [5.74, 6) is 1.78. The third-order valence-corrected chi connectivity index (χ3v) is 9.17. The first-order valence-corrected chi connectivity index (χ1v) is 14.0. The van der Waals surface area contributed by atoms with Crippen molar-refractivity contribution in [2.45, 2.75) is 43.6 Å². The molecule has 5 nitrogen and oxygen atoms in total. The van der Waals surface area contributed by atoms with E-state index in [1.54, 1.807) is 11.8 Å². The number of imidazole rings is 1. The highest BCUT2D eigenvalue weighted by atomic mass is 32.2. The molecule has 182 valence electrons. The molecule has 2 aromatic heterocycles. The van der Waals surface area contributed by atoms with Crippen LogP contribution in [0.1, 0.15) is 43.4 Å². The van der Waals surface area contributed by atoms with Gasteiger partial charge in [0.25, 0.3) is 5.91 Å². The number of rotatable bonds is 6. The number of carbonyl (C=O) groups excluding carboxylic acids is 1. The Morgan fingerprint density at radius 1 is 0.914 bits per heavy atom. The first-order chi connectivity index (χ1) is 17.2. The number of likely N-dealkylation sites (tertiary alicyclic amines) is 2. The number of pyridine rings is 1. The third-order valence-electron chi connectivity index (χ3n) is 8.13. The number of carbonyl (C=O) groups is 1. The monoisotopic (exact) mass is 486 g/mol. The lowest BCUT2D eigenvalue weighted by Gasteiger charge is -2.40. The average molecular weight is 487 g/mol. The molecule has 1 amide bonds. The molecule has 0 saturated carbocycles. The number of thioether (sulfide) groups is 1. The van der Waals surface area contributed by atoms with Crippen LogP contribution in [0.15, 0.2) is 64.7 Å². The van der Waals surface area contributed by atoms with Crippen molar-refractivity contribution in [1.29, 1.82) is 0 Å². The van der Waals surface area contributed by atoms with E-state index in [-0.39, 0.29) is 5.91 Å². The lowest BCUT2D eigenvalue weighted by atomic mass is 9.78. The second-order valence-electron chi connectivity index (χ2n) is 10.2. The Hall–Kier alpha value is -2.57. The highest BCUT2D eigenvalue weighted by molar-refractivity contribution is 8.04. The van der Waals surface area contributed by atoms with Gasteiger partial charge in [0, 0.05) is 13.1 Å². The van der Waals surface area contributed by atoms with E-state index >= 15 is 0 Å². The van der Waals surface area contributed by atoms with Gasteiger partial charge in [0.05, 0.1) is 21.8 Å². The third kappa shape index (κ3) is 4.91. The summed E-state index contributed by atoms with van der Waals surface area (Å²) in [7, 11) is 0.